The summed E-state index contributed by atoms with van der Waals surface area (Å²) in [5.74, 6) is 1.76. The summed E-state index contributed by atoms with van der Waals surface area (Å²) in [5.41, 5.74) is 1.49. The third kappa shape index (κ3) is 3.31. The Morgan fingerprint density at radius 3 is 3.00 bits per heavy atom. The Balaban J connectivity index is 1.83. The van der Waals surface area contributed by atoms with Crippen LogP contribution < -0.4 is 5.32 Å². The fourth-order valence-electron chi connectivity index (χ4n) is 2.27. The van der Waals surface area contributed by atoms with Crippen molar-refractivity contribution < 1.29 is 4.74 Å². The van der Waals surface area contributed by atoms with E-state index in [1.165, 1.54) is 0 Å². The normalized spacial score (nSPS) is 17.9. The van der Waals surface area contributed by atoms with Gasteiger partial charge in [0.05, 0.1) is 12.3 Å². The molecule has 0 amide bonds. The average Bonchev–Trinajstić information content (AvgIpc) is 3.03. The molecule has 3 heterocycles. The Kier molecular flexibility index (Phi) is 4.31. The number of rotatable bonds is 4. The Morgan fingerprint density at radius 2 is 2.29 bits per heavy atom. The molecule has 1 unspecified atom stereocenters. The second-order valence-corrected chi connectivity index (χ2v) is 5.50. The van der Waals surface area contributed by atoms with Crippen LogP contribution in [0.2, 0.25) is 5.02 Å². The van der Waals surface area contributed by atoms with Crippen molar-refractivity contribution >= 4 is 17.4 Å². The molecule has 1 aliphatic rings. The highest BCUT2D eigenvalue weighted by Crippen LogP contribution is 2.26. The van der Waals surface area contributed by atoms with Gasteiger partial charge in [0.25, 0.3) is 0 Å². The van der Waals surface area contributed by atoms with Gasteiger partial charge in [-0.3, -0.25) is 4.98 Å². The van der Waals surface area contributed by atoms with E-state index in [0.717, 1.165) is 37.6 Å². The number of ether oxygens (including phenoxy) is 1. The Bertz CT molecular complexity index is 615. The zero-order valence-corrected chi connectivity index (χ0v) is 12.6. The predicted molar refractivity (Wildman–Crippen MR) is 82.4 cm³/mol. The van der Waals surface area contributed by atoms with Crippen molar-refractivity contribution in [3.8, 4) is 11.5 Å². The molecule has 1 atom stereocenters. The molecule has 2 aromatic rings. The van der Waals surface area contributed by atoms with Crippen LogP contribution in [0.1, 0.15) is 12.1 Å². The summed E-state index contributed by atoms with van der Waals surface area (Å²) in [6.45, 7) is 4.31. The first-order chi connectivity index (χ1) is 10.2. The van der Waals surface area contributed by atoms with Gasteiger partial charge in [0.2, 0.25) is 0 Å². The maximum absolute atomic E-state index is 6.30. The van der Waals surface area contributed by atoms with Crippen LogP contribution >= 0.6 is 11.6 Å². The highest BCUT2D eigenvalue weighted by Gasteiger charge is 2.17. The van der Waals surface area contributed by atoms with Crippen molar-refractivity contribution in [1.29, 1.82) is 0 Å². The lowest BCUT2D eigenvalue weighted by Gasteiger charge is -2.13. The lowest BCUT2D eigenvalue weighted by molar-refractivity contribution is 0.187. The number of nitrogens with zero attached hydrogens (tertiary/aromatic N) is 3. The van der Waals surface area contributed by atoms with Crippen molar-refractivity contribution in [2.45, 2.75) is 13.3 Å². The fourth-order valence-corrected chi connectivity index (χ4v) is 2.42. The van der Waals surface area contributed by atoms with E-state index < -0.39 is 0 Å². The summed E-state index contributed by atoms with van der Waals surface area (Å²) in [4.78, 5) is 13.2. The fraction of sp³-hybridized carbons (Fsp3) is 0.400. The maximum Gasteiger partial charge on any atom is 0.180 e. The van der Waals surface area contributed by atoms with Gasteiger partial charge in [0.1, 0.15) is 16.5 Å². The van der Waals surface area contributed by atoms with E-state index in [2.05, 4.69) is 20.3 Å². The Hall–Kier alpha value is -1.72. The van der Waals surface area contributed by atoms with Crippen LogP contribution in [0, 0.1) is 12.8 Å². The monoisotopic (exact) mass is 304 g/mol. The number of nitrogens with one attached hydrogen (secondary N) is 1. The zero-order valence-electron chi connectivity index (χ0n) is 11.8. The molecule has 0 aliphatic carbocycles. The molecule has 1 aliphatic heterocycles. The van der Waals surface area contributed by atoms with Gasteiger partial charge in [0.15, 0.2) is 5.82 Å². The van der Waals surface area contributed by atoms with Gasteiger partial charge in [-0.15, -0.1) is 0 Å². The number of halogens is 1. The number of aromatic nitrogens is 3. The molecule has 6 heteroatoms. The van der Waals surface area contributed by atoms with Crippen LogP contribution in [0.4, 0.5) is 5.82 Å². The molecule has 0 bridgehead atoms. The minimum Gasteiger partial charge on any atom is -0.381 e. The standard InChI is InChI=1S/C15H17ClN4O/c1-10-13(16)15(18-8-11-5-7-21-9-11)20-14(19-10)12-4-2-3-6-17-12/h2-4,6,11H,5,7-9H2,1H3,(H,18,19,20). The van der Waals surface area contributed by atoms with Gasteiger partial charge in [-0.2, -0.15) is 0 Å². The largest absolute Gasteiger partial charge is 0.381 e. The molecule has 1 N–H and O–H groups in total. The SMILES string of the molecule is Cc1nc(-c2ccccn2)nc(NCC2CCOC2)c1Cl. The number of anilines is 1. The summed E-state index contributed by atoms with van der Waals surface area (Å²) in [6.07, 6.45) is 2.80. The van der Waals surface area contributed by atoms with Crippen molar-refractivity contribution in [3.63, 3.8) is 0 Å². The number of hydrogen-bond donors (Lipinski definition) is 1. The molecule has 1 saturated heterocycles. The maximum atomic E-state index is 6.30. The van der Waals surface area contributed by atoms with Gasteiger partial charge in [0, 0.05) is 25.3 Å². The first kappa shape index (κ1) is 14.2. The van der Waals surface area contributed by atoms with E-state index >= 15 is 0 Å². The molecule has 3 rings (SSSR count). The predicted octanol–water partition coefficient (Wildman–Crippen LogP) is 2.95. The van der Waals surface area contributed by atoms with Gasteiger partial charge < -0.3 is 10.1 Å². The van der Waals surface area contributed by atoms with E-state index in [1.807, 2.05) is 25.1 Å². The lowest BCUT2D eigenvalue weighted by Crippen LogP contribution is -2.16. The molecule has 2 aromatic heterocycles. The van der Waals surface area contributed by atoms with E-state index in [-0.39, 0.29) is 0 Å². The van der Waals surface area contributed by atoms with Gasteiger partial charge in [-0.05, 0) is 25.5 Å². The molecular formula is C15H17ClN4O. The summed E-state index contributed by atoms with van der Waals surface area (Å²) >= 11 is 6.30. The smallest absolute Gasteiger partial charge is 0.180 e. The summed E-state index contributed by atoms with van der Waals surface area (Å²) in [7, 11) is 0. The third-order valence-corrected chi connectivity index (χ3v) is 3.95. The quantitative estimate of drug-likeness (QED) is 0.941. The van der Waals surface area contributed by atoms with E-state index in [9.17, 15) is 0 Å². The zero-order chi connectivity index (χ0) is 14.7. The minimum absolute atomic E-state index is 0.509. The van der Waals surface area contributed by atoms with Gasteiger partial charge in [-0.25, -0.2) is 9.97 Å². The highest BCUT2D eigenvalue weighted by molar-refractivity contribution is 6.33. The van der Waals surface area contributed by atoms with Crippen molar-refractivity contribution in [1.82, 2.24) is 15.0 Å². The number of pyridine rings is 1. The molecule has 110 valence electrons. The van der Waals surface area contributed by atoms with Crippen LogP contribution in [0.3, 0.4) is 0 Å². The highest BCUT2D eigenvalue weighted by atomic mass is 35.5. The minimum atomic E-state index is 0.509. The first-order valence-electron chi connectivity index (χ1n) is 7.01. The summed E-state index contributed by atoms with van der Waals surface area (Å²) in [5, 5.41) is 3.88. The molecule has 0 spiro atoms. The first-order valence-corrected chi connectivity index (χ1v) is 7.39. The summed E-state index contributed by atoms with van der Waals surface area (Å²) in [6, 6.07) is 5.67. The molecule has 1 fully saturated rings. The van der Waals surface area contributed by atoms with E-state index in [4.69, 9.17) is 16.3 Å². The van der Waals surface area contributed by atoms with Crippen LogP contribution in [0.15, 0.2) is 24.4 Å². The molecular weight excluding hydrogens is 288 g/mol. The molecule has 0 aromatic carbocycles. The topological polar surface area (TPSA) is 59.9 Å². The number of hydrogen-bond acceptors (Lipinski definition) is 5. The summed E-state index contributed by atoms with van der Waals surface area (Å²) < 4.78 is 5.38. The Morgan fingerprint density at radius 1 is 1.38 bits per heavy atom. The second-order valence-electron chi connectivity index (χ2n) is 5.12. The molecule has 5 nitrogen and oxygen atoms in total. The average molecular weight is 305 g/mol. The Labute approximate surface area is 128 Å². The molecule has 0 radical (unpaired) electrons. The second kappa shape index (κ2) is 6.37. The van der Waals surface area contributed by atoms with Crippen LogP contribution in [0.25, 0.3) is 11.5 Å². The van der Waals surface area contributed by atoms with Gasteiger partial charge >= 0.3 is 0 Å². The number of aryl methyl sites for hydroxylation is 1. The van der Waals surface area contributed by atoms with E-state index in [1.54, 1.807) is 6.20 Å². The molecule has 0 saturated carbocycles. The van der Waals surface area contributed by atoms with Crippen molar-refractivity contribution in [2.75, 3.05) is 25.1 Å². The van der Waals surface area contributed by atoms with Gasteiger partial charge in [-0.1, -0.05) is 17.7 Å². The van der Waals surface area contributed by atoms with Crippen molar-refractivity contribution in [3.05, 3.63) is 35.1 Å². The molecule has 21 heavy (non-hydrogen) atoms. The van der Waals surface area contributed by atoms with Crippen LogP contribution in [-0.4, -0.2) is 34.7 Å². The third-order valence-electron chi connectivity index (χ3n) is 3.49. The van der Waals surface area contributed by atoms with Crippen LogP contribution in [0.5, 0.6) is 0 Å². The lowest BCUT2D eigenvalue weighted by atomic mass is 10.1. The van der Waals surface area contributed by atoms with E-state index in [0.29, 0.717) is 22.6 Å². The van der Waals surface area contributed by atoms with Crippen LogP contribution in [-0.2, 0) is 4.74 Å². The van der Waals surface area contributed by atoms with Crippen molar-refractivity contribution in [2.24, 2.45) is 5.92 Å².